The van der Waals surface area contributed by atoms with E-state index >= 15 is 0 Å². The Balaban J connectivity index is 1.60. The van der Waals surface area contributed by atoms with E-state index in [2.05, 4.69) is 20.3 Å². The summed E-state index contributed by atoms with van der Waals surface area (Å²) in [5, 5.41) is 2.88. The van der Waals surface area contributed by atoms with Crippen LogP contribution in [0.2, 0.25) is 5.02 Å². The average molecular weight is 612 g/mol. The Hall–Kier alpha value is -3.62. The van der Waals surface area contributed by atoms with Gasteiger partial charge in [0.1, 0.15) is 17.8 Å². The van der Waals surface area contributed by atoms with Gasteiger partial charge >= 0.3 is 13.8 Å². The Bertz CT molecular complexity index is 1560. The zero-order valence-electron chi connectivity index (χ0n) is 22.1. The predicted octanol–water partition coefficient (Wildman–Crippen LogP) is 3.09. The topological polar surface area (TPSA) is 201 Å². The lowest BCUT2D eigenvalue weighted by molar-refractivity contribution is -0.169. The first-order valence-electron chi connectivity index (χ1n) is 12.4. The number of rotatable bonds is 11. The van der Waals surface area contributed by atoms with Gasteiger partial charge in [0.25, 0.3) is 5.56 Å². The highest BCUT2D eigenvalue weighted by Crippen LogP contribution is 2.48. The number of anilines is 1. The van der Waals surface area contributed by atoms with Crippen molar-refractivity contribution in [3.8, 4) is 5.75 Å². The Morgan fingerprint density at radius 2 is 1.98 bits per heavy atom. The van der Waals surface area contributed by atoms with Crippen LogP contribution in [0.25, 0.3) is 11.2 Å². The molecule has 17 heteroatoms. The lowest BCUT2D eigenvalue weighted by Gasteiger charge is -2.21. The Kier molecular flexibility index (Phi) is 9.24. The third-order valence-corrected chi connectivity index (χ3v) is 6.94. The maximum absolute atomic E-state index is 12.8. The van der Waals surface area contributed by atoms with Crippen LogP contribution in [0.3, 0.4) is 0 Å². The summed E-state index contributed by atoms with van der Waals surface area (Å²) in [6.07, 6.45) is -3.06. The van der Waals surface area contributed by atoms with Crippen LogP contribution >= 0.6 is 19.4 Å². The number of fused-ring (bicyclic) bond motifs is 1. The van der Waals surface area contributed by atoms with Crippen LogP contribution in [-0.4, -0.2) is 54.5 Å². The van der Waals surface area contributed by atoms with Crippen LogP contribution in [0.5, 0.6) is 5.75 Å². The Morgan fingerprint density at radius 1 is 1.27 bits per heavy atom. The average Bonchev–Trinajstić information content (AvgIpc) is 3.47. The van der Waals surface area contributed by atoms with Gasteiger partial charge in [-0.2, -0.15) is 4.98 Å². The number of imidazole rings is 1. The third-order valence-electron chi connectivity index (χ3n) is 5.77. The normalized spacial score (nSPS) is 20.1. The van der Waals surface area contributed by atoms with Gasteiger partial charge in [-0.05, 0) is 31.2 Å². The number of carbonyl (C=O) groups is 3. The number of hydrogen-bond acceptors (Lipinski definition) is 11. The van der Waals surface area contributed by atoms with Crippen LogP contribution in [0.4, 0.5) is 5.95 Å². The highest BCUT2D eigenvalue weighted by Gasteiger charge is 2.45. The molecule has 3 N–H and O–H groups in total. The molecule has 15 nitrogen and oxygen atoms in total. The van der Waals surface area contributed by atoms with Gasteiger partial charge in [0.15, 0.2) is 17.3 Å². The van der Waals surface area contributed by atoms with Crippen molar-refractivity contribution < 1.29 is 42.4 Å². The molecule has 1 saturated heterocycles. The second-order valence-corrected chi connectivity index (χ2v) is 11.2. The molecule has 0 saturated carbocycles. The zero-order chi connectivity index (χ0) is 29.9. The minimum atomic E-state index is -4.84. The van der Waals surface area contributed by atoms with Gasteiger partial charge in [-0.25, -0.2) is 14.1 Å². The molecule has 3 heterocycles. The summed E-state index contributed by atoms with van der Waals surface area (Å²) >= 11 is 5.83. The van der Waals surface area contributed by atoms with Crippen LogP contribution in [0, 0.1) is 5.92 Å². The maximum Gasteiger partial charge on any atom is 0.529 e. The van der Waals surface area contributed by atoms with Crippen molar-refractivity contribution in [2.75, 3.05) is 5.32 Å². The SMILES string of the molecule is CC(=O)CCC(=O)O[C@H]1C[C@H](n2cnc3c(=O)[nH]c(NC(=O)C(C)C)nc32)O[C@@H]1OP(=O)(O)Oc1ccc(Cl)cc1. The fraction of sp³-hybridized carbons (Fsp3) is 0.417. The van der Waals surface area contributed by atoms with Gasteiger partial charge in [-0.3, -0.25) is 34.1 Å². The molecule has 1 unspecified atom stereocenters. The number of Topliss-reactive ketones (excluding diaryl/α,β-unsaturated/α-hetero) is 1. The quantitative estimate of drug-likeness (QED) is 0.212. The molecule has 1 aliphatic rings. The predicted molar refractivity (Wildman–Crippen MR) is 143 cm³/mol. The lowest BCUT2D eigenvalue weighted by atomic mass is 10.2. The van der Waals surface area contributed by atoms with Crippen LogP contribution in [0.1, 0.15) is 46.3 Å². The van der Waals surface area contributed by atoms with Crippen molar-refractivity contribution in [1.29, 1.82) is 0 Å². The van der Waals surface area contributed by atoms with E-state index < -0.39 is 38.0 Å². The highest BCUT2D eigenvalue weighted by molar-refractivity contribution is 7.47. The number of ether oxygens (including phenoxy) is 2. The van der Waals surface area contributed by atoms with E-state index in [4.69, 9.17) is 30.1 Å². The van der Waals surface area contributed by atoms with Crippen molar-refractivity contribution in [2.45, 2.75) is 58.7 Å². The summed E-state index contributed by atoms with van der Waals surface area (Å²) in [6, 6.07) is 5.58. The van der Waals surface area contributed by atoms with Crippen LogP contribution in [-0.2, 0) is 32.9 Å². The number of aromatic amines is 1. The molecule has 4 rings (SSSR count). The second-order valence-electron chi connectivity index (χ2n) is 9.43. The molecular formula is C24H27ClN5O10P. The van der Waals surface area contributed by atoms with E-state index in [0.29, 0.717) is 5.02 Å². The molecule has 1 amide bonds. The number of esters is 1. The van der Waals surface area contributed by atoms with Gasteiger partial charge in [0.05, 0.1) is 12.7 Å². The van der Waals surface area contributed by atoms with Gasteiger partial charge in [-0.15, -0.1) is 0 Å². The van der Waals surface area contributed by atoms with E-state index in [1.807, 2.05) is 0 Å². The number of phosphoric ester groups is 1. The number of halogens is 1. The first-order valence-corrected chi connectivity index (χ1v) is 14.3. The van der Waals surface area contributed by atoms with Crippen molar-refractivity contribution in [3.63, 3.8) is 0 Å². The van der Waals surface area contributed by atoms with Gasteiger partial charge in [0.2, 0.25) is 18.1 Å². The van der Waals surface area contributed by atoms with E-state index in [-0.39, 0.29) is 59.7 Å². The summed E-state index contributed by atoms with van der Waals surface area (Å²) in [5.41, 5.74) is -0.693. The molecule has 41 heavy (non-hydrogen) atoms. The molecule has 4 atom stereocenters. The van der Waals surface area contributed by atoms with Gasteiger partial charge in [-0.1, -0.05) is 25.4 Å². The number of nitrogens with one attached hydrogen (secondary N) is 2. The molecule has 0 aliphatic carbocycles. The van der Waals surface area contributed by atoms with Gasteiger partial charge < -0.3 is 18.8 Å². The summed E-state index contributed by atoms with van der Waals surface area (Å²) in [4.78, 5) is 69.6. The summed E-state index contributed by atoms with van der Waals surface area (Å²) in [7, 11) is -4.84. The number of aromatic nitrogens is 4. The van der Waals surface area contributed by atoms with Crippen molar-refractivity contribution in [2.24, 2.45) is 5.92 Å². The van der Waals surface area contributed by atoms with Crippen molar-refractivity contribution >= 4 is 54.2 Å². The van der Waals surface area contributed by atoms with E-state index in [1.165, 1.54) is 42.1 Å². The largest absolute Gasteiger partial charge is 0.529 e. The minimum Gasteiger partial charge on any atom is -0.457 e. The fourth-order valence-corrected chi connectivity index (χ4v) is 4.73. The number of benzene rings is 1. The fourth-order valence-electron chi connectivity index (χ4n) is 3.73. The number of amides is 1. The van der Waals surface area contributed by atoms with Crippen molar-refractivity contribution in [3.05, 3.63) is 46.0 Å². The number of ketones is 1. The molecule has 1 aromatic carbocycles. The summed E-state index contributed by atoms with van der Waals surface area (Å²) < 4.78 is 35.7. The van der Waals surface area contributed by atoms with E-state index in [0.717, 1.165) is 0 Å². The first-order chi connectivity index (χ1) is 19.3. The smallest absolute Gasteiger partial charge is 0.457 e. The molecular weight excluding hydrogens is 585 g/mol. The zero-order valence-corrected chi connectivity index (χ0v) is 23.8. The summed E-state index contributed by atoms with van der Waals surface area (Å²) in [5.74, 6) is -1.92. The molecule has 1 fully saturated rings. The minimum absolute atomic E-state index is 0.0182. The summed E-state index contributed by atoms with van der Waals surface area (Å²) in [6.45, 7) is 4.65. The standard InChI is InChI=1S/C24H27ClN5O10P/c1-12(2)21(33)28-24-27-20-19(22(34)29-24)26-11-30(20)17-10-16(37-18(32)9-4-13(3)31)23(38-17)40-41(35,36)39-15-7-5-14(25)6-8-15/h5-8,11-12,16-17,23H,4,9-10H2,1-3H3,(H,35,36)(H2,27,28,29,33,34)/t16-,17+,23+/m0/s1. The second kappa shape index (κ2) is 12.5. The van der Waals surface area contributed by atoms with Crippen LogP contribution in [0.15, 0.2) is 35.4 Å². The molecule has 3 aromatic rings. The van der Waals surface area contributed by atoms with Crippen LogP contribution < -0.4 is 15.4 Å². The number of nitrogens with zero attached hydrogens (tertiary/aromatic N) is 3. The van der Waals surface area contributed by atoms with Gasteiger partial charge in [0, 0.05) is 23.8 Å². The molecule has 1 aliphatic heterocycles. The van der Waals surface area contributed by atoms with Crippen molar-refractivity contribution in [1.82, 2.24) is 19.5 Å². The van der Waals surface area contributed by atoms with E-state index in [1.54, 1.807) is 13.8 Å². The monoisotopic (exact) mass is 611 g/mol. The number of hydrogen-bond donors (Lipinski definition) is 3. The molecule has 220 valence electrons. The maximum atomic E-state index is 12.8. The third kappa shape index (κ3) is 7.77. The Labute approximate surface area is 237 Å². The van der Waals surface area contributed by atoms with E-state index in [9.17, 15) is 28.6 Å². The number of H-pyrrole nitrogens is 1. The highest BCUT2D eigenvalue weighted by atomic mass is 35.5. The molecule has 2 aromatic heterocycles. The lowest BCUT2D eigenvalue weighted by Crippen LogP contribution is -2.29. The molecule has 0 spiro atoms. The molecule has 0 bridgehead atoms. The molecule has 0 radical (unpaired) electrons. The first kappa shape index (κ1) is 30.3. The number of phosphoric acid groups is 1. The Morgan fingerprint density at radius 3 is 2.63 bits per heavy atom. The number of carbonyl (C=O) groups excluding carboxylic acids is 3.